The van der Waals surface area contributed by atoms with Crippen LogP contribution >= 0.6 is 0 Å². The van der Waals surface area contributed by atoms with Gasteiger partial charge in [-0.15, -0.1) is 0 Å². The molecule has 1 aliphatic heterocycles. The van der Waals surface area contributed by atoms with Gasteiger partial charge >= 0.3 is 5.97 Å². The minimum atomic E-state index is -1.06. The fraction of sp³-hybridized carbons (Fsp3) is 0.125. The predicted octanol–water partition coefficient (Wildman–Crippen LogP) is 3.61. The Kier molecular flexibility index (Phi) is 5.51. The largest absolute Gasteiger partial charge is 0.507 e. The molecule has 1 aromatic heterocycles. The third-order valence-electron chi connectivity index (χ3n) is 5.27. The summed E-state index contributed by atoms with van der Waals surface area (Å²) in [6.45, 7) is 0.0230. The molecular formula is C24H19NO7. The smallest absolute Gasteiger partial charge is 0.335 e. The van der Waals surface area contributed by atoms with Gasteiger partial charge in [0.1, 0.15) is 23.3 Å². The van der Waals surface area contributed by atoms with E-state index in [0.29, 0.717) is 22.6 Å². The first-order valence-electron chi connectivity index (χ1n) is 9.69. The van der Waals surface area contributed by atoms with Gasteiger partial charge in [-0.25, -0.2) is 4.79 Å². The van der Waals surface area contributed by atoms with Gasteiger partial charge in [-0.05, 0) is 54.1 Å². The van der Waals surface area contributed by atoms with E-state index in [9.17, 15) is 19.5 Å². The highest BCUT2D eigenvalue weighted by Gasteiger charge is 2.47. The maximum atomic E-state index is 12.9. The van der Waals surface area contributed by atoms with Gasteiger partial charge in [0.2, 0.25) is 0 Å². The number of aromatic carboxylic acids is 1. The number of Topliss-reactive ketones (excluding diaryl/α,β-unsaturated/α-hetero) is 1. The number of benzene rings is 2. The molecule has 0 bridgehead atoms. The number of carboxylic acid groups (broad SMARTS) is 1. The Morgan fingerprint density at radius 1 is 1.00 bits per heavy atom. The maximum absolute atomic E-state index is 12.9. The van der Waals surface area contributed by atoms with Gasteiger partial charge in [-0.1, -0.05) is 12.1 Å². The third-order valence-corrected chi connectivity index (χ3v) is 5.27. The van der Waals surface area contributed by atoms with Crippen LogP contribution in [0.2, 0.25) is 0 Å². The van der Waals surface area contributed by atoms with Crippen LogP contribution < -0.4 is 4.74 Å². The molecule has 1 fully saturated rings. The summed E-state index contributed by atoms with van der Waals surface area (Å²) in [6.07, 6.45) is 1.42. The van der Waals surface area contributed by atoms with Crippen LogP contribution in [0.1, 0.15) is 33.3 Å². The minimum absolute atomic E-state index is 0.0230. The van der Waals surface area contributed by atoms with E-state index >= 15 is 0 Å². The molecule has 1 unspecified atom stereocenters. The Morgan fingerprint density at radius 2 is 1.66 bits per heavy atom. The number of methoxy groups -OCH3 is 1. The summed E-state index contributed by atoms with van der Waals surface area (Å²) in [6, 6.07) is 14.8. The van der Waals surface area contributed by atoms with E-state index < -0.39 is 23.7 Å². The van der Waals surface area contributed by atoms with Crippen molar-refractivity contribution in [3.05, 3.63) is 95.0 Å². The quantitative estimate of drug-likeness (QED) is 0.346. The molecule has 32 heavy (non-hydrogen) atoms. The second-order valence-electron chi connectivity index (χ2n) is 7.17. The van der Waals surface area contributed by atoms with Crippen LogP contribution in [-0.2, 0) is 16.1 Å². The molecule has 1 aliphatic rings. The summed E-state index contributed by atoms with van der Waals surface area (Å²) in [7, 11) is 1.51. The summed E-state index contributed by atoms with van der Waals surface area (Å²) >= 11 is 0. The summed E-state index contributed by atoms with van der Waals surface area (Å²) < 4.78 is 10.6. The van der Waals surface area contributed by atoms with Crippen molar-refractivity contribution >= 4 is 23.4 Å². The van der Waals surface area contributed by atoms with Gasteiger partial charge in [-0.2, -0.15) is 0 Å². The maximum Gasteiger partial charge on any atom is 0.335 e. The molecular weight excluding hydrogens is 414 g/mol. The Bertz CT molecular complexity index is 1190. The lowest BCUT2D eigenvalue weighted by atomic mass is 9.99. The number of carboxylic acids is 1. The lowest BCUT2D eigenvalue weighted by Gasteiger charge is -2.23. The summed E-state index contributed by atoms with van der Waals surface area (Å²) in [5.74, 6) is -2.11. The number of carbonyl (C=O) groups excluding carboxylic acids is 2. The Morgan fingerprint density at radius 3 is 2.22 bits per heavy atom. The zero-order valence-electron chi connectivity index (χ0n) is 17.0. The molecule has 0 aliphatic carbocycles. The van der Waals surface area contributed by atoms with E-state index in [0.717, 1.165) is 0 Å². The molecule has 1 atom stereocenters. The standard InChI is InChI=1S/C24H19NO7/c1-31-17-10-8-15(9-11-17)21(26)19-20(18-3-2-12-32-18)25(23(28)22(19)27)13-14-4-6-16(7-5-14)24(29)30/h2-12,20,26H,13H2,1H3,(H,29,30)/b21-19-. The van der Waals surface area contributed by atoms with Gasteiger partial charge < -0.3 is 24.3 Å². The number of furan rings is 1. The normalized spacial score (nSPS) is 17.5. The Labute approximate surface area is 183 Å². The van der Waals surface area contributed by atoms with Gasteiger partial charge in [0.15, 0.2) is 0 Å². The molecule has 8 heteroatoms. The van der Waals surface area contributed by atoms with E-state index in [4.69, 9.17) is 14.3 Å². The van der Waals surface area contributed by atoms with Crippen molar-refractivity contribution < 1.29 is 33.8 Å². The first-order valence-corrected chi connectivity index (χ1v) is 9.69. The number of ketones is 1. The highest BCUT2D eigenvalue weighted by Crippen LogP contribution is 2.40. The molecule has 2 aromatic carbocycles. The van der Waals surface area contributed by atoms with Gasteiger partial charge in [-0.3, -0.25) is 9.59 Å². The second kappa shape index (κ2) is 8.43. The number of amides is 1. The highest BCUT2D eigenvalue weighted by molar-refractivity contribution is 6.46. The van der Waals surface area contributed by atoms with Crippen molar-refractivity contribution in [2.75, 3.05) is 7.11 Å². The zero-order chi connectivity index (χ0) is 22.8. The molecule has 0 spiro atoms. The van der Waals surface area contributed by atoms with Crippen LogP contribution in [0.4, 0.5) is 0 Å². The summed E-state index contributed by atoms with van der Waals surface area (Å²) in [5, 5.41) is 20.0. The SMILES string of the molecule is COc1ccc(/C(O)=C2/C(=O)C(=O)N(Cc3ccc(C(=O)O)cc3)C2c2ccco2)cc1. The number of nitrogens with zero attached hydrogens (tertiary/aromatic N) is 1. The Hall–Kier alpha value is -4.33. The monoisotopic (exact) mass is 433 g/mol. The van der Waals surface area contributed by atoms with E-state index in [1.165, 1.54) is 30.4 Å². The zero-order valence-corrected chi connectivity index (χ0v) is 17.0. The molecule has 1 amide bonds. The number of likely N-dealkylation sites (tertiary alicyclic amines) is 1. The fourth-order valence-corrected chi connectivity index (χ4v) is 3.64. The van der Waals surface area contributed by atoms with E-state index in [1.807, 2.05) is 0 Å². The third kappa shape index (κ3) is 3.74. The second-order valence-corrected chi connectivity index (χ2v) is 7.17. The minimum Gasteiger partial charge on any atom is -0.507 e. The molecule has 3 aromatic rings. The average Bonchev–Trinajstić information content (AvgIpc) is 3.42. The van der Waals surface area contributed by atoms with Crippen LogP contribution in [0, 0.1) is 0 Å². The molecule has 162 valence electrons. The Balaban J connectivity index is 1.76. The van der Waals surface area contributed by atoms with Crippen molar-refractivity contribution in [1.29, 1.82) is 0 Å². The number of ether oxygens (including phenoxy) is 1. The van der Waals surface area contributed by atoms with Gasteiger partial charge in [0.05, 0.1) is 24.5 Å². The van der Waals surface area contributed by atoms with Crippen LogP contribution in [0.3, 0.4) is 0 Å². The van der Waals surface area contributed by atoms with Crippen molar-refractivity contribution in [2.45, 2.75) is 12.6 Å². The average molecular weight is 433 g/mol. The van der Waals surface area contributed by atoms with E-state index in [1.54, 1.807) is 48.5 Å². The number of carbonyl (C=O) groups is 3. The number of hydrogen-bond acceptors (Lipinski definition) is 6. The van der Waals surface area contributed by atoms with Crippen molar-refractivity contribution in [3.63, 3.8) is 0 Å². The summed E-state index contributed by atoms with van der Waals surface area (Å²) in [5.41, 5.74) is 0.999. The van der Waals surface area contributed by atoms with Crippen LogP contribution in [0.25, 0.3) is 5.76 Å². The fourth-order valence-electron chi connectivity index (χ4n) is 3.64. The first kappa shape index (κ1) is 20.9. The lowest BCUT2D eigenvalue weighted by molar-refractivity contribution is -0.140. The molecule has 8 nitrogen and oxygen atoms in total. The van der Waals surface area contributed by atoms with Gasteiger partial charge in [0, 0.05) is 12.1 Å². The van der Waals surface area contributed by atoms with Crippen LogP contribution in [-0.4, -0.2) is 39.9 Å². The molecule has 0 radical (unpaired) electrons. The lowest BCUT2D eigenvalue weighted by Crippen LogP contribution is -2.29. The first-order chi connectivity index (χ1) is 15.4. The molecule has 1 saturated heterocycles. The number of hydrogen-bond donors (Lipinski definition) is 2. The van der Waals surface area contributed by atoms with Crippen molar-refractivity contribution in [2.24, 2.45) is 0 Å². The molecule has 2 heterocycles. The van der Waals surface area contributed by atoms with E-state index in [-0.39, 0.29) is 23.4 Å². The van der Waals surface area contributed by atoms with Crippen molar-refractivity contribution in [3.8, 4) is 5.75 Å². The highest BCUT2D eigenvalue weighted by atomic mass is 16.5. The predicted molar refractivity (Wildman–Crippen MR) is 113 cm³/mol. The topological polar surface area (TPSA) is 117 Å². The van der Waals surface area contributed by atoms with E-state index in [2.05, 4.69) is 0 Å². The van der Waals surface area contributed by atoms with Gasteiger partial charge in [0.25, 0.3) is 11.7 Å². The summed E-state index contributed by atoms with van der Waals surface area (Å²) in [4.78, 5) is 38.2. The molecule has 2 N–H and O–H groups in total. The number of rotatable bonds is 6. The van der Waals surface area contributed by atoms with Crippen LogP contribution in [0.5, 0.6) is 5.75 Å². The van der Waals surface area contributed by atoms with Crippen molar-refractivity contribution in [1.82, 2.24) is 4.90 Å². The number of aliphatic hydroxyl groups excluding tert-OH is 1. The molecule has 0 saturated carbocycles. The van der Waals surface area contributed by atoms with Crippen LogP contribution in [0.15, 0.2) is 76.9 Å². The number of aliphatic hydroxyl groups is 1. The molecule has 4 rings (SSSR count).